The van der Waals surface area contributed by atoms with Gasteiger partial charge in [0.25, 0.3) is 5.91 Å². The third-order valence-electron chi connectivity index (χ3n) is 3.80. The third kappa shape index (κ3) is 4.26. The number of rotatable bonds is 6. The van der Waals surface area contributed by atoms with Crippen LogP contribution in [0, 0.1) is 0 Å². The lowest BCUT2D eigenvalue weighted by atomic mass is 10.3. The molecule has 0 radical (unpaired) electrons. The molecule has 2 aromatic rings. The van der Waals surface area contributed by atoms with Crippen LogP contribution in [0.15, 0.2) is 42.6 Å². The SMILES string of the molecule is COc1ccc(NC(=O)COc2cccc(N3CCCC3=O)c2)cn1. The van der Waals surface area contributed by atoms with Gasteiger partial charge < -0.3 is 19.7 Å². The maximum atomic E-state index is 12.0. The zero-order chi connectivity index (χ0) is 17.6. The van der Waals surface area contributed by atoms with Gasteiger partial charge in [-0.1, -0.05) is 6.07 Å². The summed E-state index contributed by atoms with van der Waals surface area (Å²) in [7, 11) is 1.53. The van der Waals surface area contributed by atoms with Crippen LogP contribution in [0.3, 0.4) is 0 Å². The number of methoxy groups -OCH3 is 1. The van der Waals surface area contributed by atoms with E-state index in [9.17, 15) is 9.59 Å². The van der Waals surface area contributed by atoms with Gasteiger partial charge in [-0.3, -0.25) is 9.59 Å². The lowest BCUT2D eigenvalue weighted by Gasteiger charge is -2.16. The summed E-state index contributed by atoms with van der Waals surface area (Å²) in [4.78, 5) is 29.5. The van der Waals surface area contributed by atoms with Crippen molar-refractivity contribution < 1.29 is 19.1 Å². The number of amides is 2. The van der Waals surface area contributed by atoms with Crippen LogP contribution in [0.1, 0.15) is 12.8 Å². The molecule has 0 saturated carbocycles. The molecule has 1 N–H and O–H groups in total. The number of nitrogens with zero attached hydrogens (tertiary/aromatic N) is 2. The number of aromatic nitrogens is 1. The van der Waals surface area contributed by atoms with Crippen LogP contribution in [0.5, 0.6) is 11.6 Å². The van der Waals surface area contributed by atoms with Crippen LogP contribution in [0.4, 0.5) is 11.4 Å². The van der Waals surface area contributed by atoms with Crippen LogP contribution in [-0.2, 0) is 9.59 Å². The number of pyridine rings is 1. The van der Waals surface area contributed by atoms with Gasteiger partial charge in [0, 0.05) is 30.8 Å². The minimum absolute atomic E-state index is 0.113. The quantitative estimate of drug-likeness (QED) is 0.871. The molecule has 2 amide bonds. The molecule has 0 aliphatic carbocycles. The number of ether oxygens (including phenoxy) is 2. The van der Waals surface area contributed by atoms with Crippen LogP contribution >= 0.6 is 0 Å². The molecule has 7 nitrogen and oxygen atoms in total. The Labute approximate surface area is 145 Å². The normalized spacial score (nSPS) is 13.6. The summed E-state index contributed by atoms with van der Waals surface area (Å²) in [5.41, 5.74) is 1.35. The highest BCUT2D eigenvalue weighted by molar-refractivity contribution is 5.95. The first kappa shape index (κ1) is 16.8. The van der Waals surface area contributed by atoms with Gasteiger partial charge in [0.1, 0.15) is 5.75 Å². The molecule has 0 bridgehead atoms. The van der Waals surface area contributed by atoms with Crippen LogP contribution in [-0.4, -0.2) is 37.1 Å². The number of carbonyl (C=O) groups is 2. The monoisotopic (exact) mass is 341 g/mol. The molecule has 1 aromatic heterocycles. The summed E-state index contributed by atoms with van der Waals surface area (Å²) in [6.45, 7) is 0.580. The highest BCUT2D eigenvalue weighted by atomic mass is 16.5. The first-order valence-electron chi connectivity index (χ1n) is 7.99. The molecule has 1 fully saturated rings. The van der Waals surface area contributed by atoms with Crippen molar-refractivity contribution in [2.45, 2.75) is 12.8 Å². The first-order valence-corrected chi connectivity index (χ1v) is 7.99. The smallest absolute Gasteiger partial charge is 0.262 e. The summed E-state index contributed by atoms with van der Waals surface area (Å²) in [5.74, 6) is 0.833. The average Bonchev–Trinajstić information content (AvgIpc) is 3.07. The second-order valence-electron chi connectivity index (χ2n) is 5.57. The Morgan fingerprint density at radius 3 is 2.88 bits per heavy atom. The molecule has 7 heteroatoms. The van der Waals surface area contributed by atoms with Gasteiger partial charge in [0.05, 0.1) is 19.0 Å². The Morgan fingerprint density at radius 1 is 1.32 bits per heavy atom. The molecule has 1 saturated heterocycles. The highest BCUT2D eigenvalue weighted by Crippen LogP contribution is 2.25. The number of hydrogen-bond acceptors (Lipinski definition) is 5. The van der Waals surface area contributed by atoms with Crippen molar-refractivity contribution in [3.63, 3.8) is 0 Å². The van der Waals surface area contributed by atoms with Gasteiger partial charge in [-0.15, -0.1) is 0 Å². The predicted molar refractivity (Wildman–Crippen MR) is 92.9 cm³/mol. The van der Waals surface area contributed by atoms with E-state index in [0.29, 0.717) is 30.3 Å². The molecular weight excluding hydrogens is 322 g/mol. The zero-order valence-electron chi connectivity index (χ0n) is 13.9. The van der Waals surface area contributed by atoms with Crippen molar-refractivity contribution >= 4 is 23.2 Å². The van der Waals surface area contributed by atoms with Crippen molar-refractivity contribution in [3.8, 4) is 11.6 Å². The van der Waals surface area contributed by atoms with Crippen molar-refractivity contribution in [2.75, 3.05) is 30.5 Å². The molecule has 1 aliphatic heterocycles. The van der Waals surface area contributed by atoms with Gasteiger partial charge in [-0.2, -0.15) is 0 Å². The van der Waals surface area contributed by atoms with E-state index in [2.05, 4.69) is 10.3 Å². The van der Waals surface area contributed by atoms with Crippen molar-refractivity contribution in [3.05, 3.63) is 42.6 Å². The summed E-state index contributed by atoms with van der Waals surface area (Å²) in [6.07, 6.45) is 2.95. The number of hydrogen-bond donors (Lipinski definition) is 1. The Kier molecular flexibility index (Phi) is 5.13. The topological polar surface area (TPSA) is 80.8 Å². The molecule has 1 aromatic carbocycles. The van der Waals surface area contributed by atoms with Gasteiger partial charge in [0.15, 0.2) is 6.61 Å². The van der Waals surface area contributed by atoms with E-state index in [-0.39, 0.29) is 18.4 Å². The van der Waals surface area contributed by atoms with Gasteiger partial charge in [0.2, 0.25) is 11.8 Å². The van der Waals surface area contributed by atoms with E-state index in [1.54, 1.807) is 29.2 Å². The number of benzene rings is 1. The molecule has 2 heterocycles. The van der Waals surface area contributed by atoms with E-state index >= 15 is 0 Å². The fourth-order valence-electron chi connectivity index (χ4n) is 2.58. The minimum atomic E-state index is -0.297. The largest absolute Gasteiger partial charge is 0.484 e. The zero-order valence-corrected chi connectivity index (χ0v) is 13.9. The second kappa shape index (κ2) is 7.65. The van der Waals surface area contributed by atoms with E-state index in [0.717, 1.165) is 12.1 Å². The lowest BCUT2D eigenvalue weighted by Crippen LogP contribution is -2.24. The molecule has 0 unspecified atom stereocenters. The van der Waals surface area contributed by atoms with E-state index in [1.807, 2.05) is 12.1 Å². The van der Waals surface area contributed by atoms with Gasteiger partial charge >= 0.3 is 0 Å². The number of carbonyl (C=O) groups excluding carboxylic acids is 2. The lowest BCUT2D eigenvalue weighted by molar-refractivity contribution is -0.118. The predicted octanol–water partition coefficient (Wildman–Crippen LogP) is 2.23. The van der Waals surface area contributed by atoms with Gasteiger partial charge in [-0.05, 0) is 24.6 Å². The standard InChI is InChI=1S/C18H19N3O4/c1-24-17-8-7-13(11-19-17)20-16(22)12-25-15-5-2-4-14(10-15)21-9-3-6-18(21)23/h2,4-5,7-8,10-11H,3,6,9,12H2,1H3,(H,20,22). The average molecular weight is 341 g/mol. The van der Waals surface area contributed by atoms with Crippen LogP contribution in [0.2, 0.25) is 0 Å². The van der Waals surface area contributed by atoms with Gasteiger partial charge in [-0.25, -0.2) is 4.98 Å². The Hall–Kier alpha value is -3.09. The van der Waals surface area contributed by atoms with Crippen LogP contribution in [0.25, 0.3) is 0 Å². The molecule has 130 valence electrons. The van der Waals surface area contributed by atoms with E-state index < -0.39 is 0 Å². The second-order valence-corrected chi connectivity index (χ2v) is 5.57. The first-order chi connectivity index (χ1) is 12.2. The maximum Gasteiger partial charge on any atom is 0.262 e. The third-order valence-corrected chi connectivity index (χ3v) is 3.80. The maximum absolute atomic E-state index is 12.0. The number of nitrogens with one attached hydrogen (secondary N) is 1. The van der Waals surface area contributed by atoms with Crippen molar-refractivity contribution in [1.82, 2.24) is 4.98 Å². The molecule has 1 aliphatic rings. The summed E-state index contributed by atoms with van der Waals surface area (Å²) in [5, 5.41) is 2.69. The molecule has 0 atom stereocenters. The molecule has 25 heavy (non-hydrogen) atoms. The van der Waals surface area contributed by atoms with E-state index in [1.165, 1.54) is 13.3 Å². The number of anilines is 2. The Morgan fingerprint density at radius 2 is 2.20 bits per heavy atom. The Balaban J connectivity index is 1.55. The molecular formula is C18H19N3O4. The van der Waals surface area contributed by atoms with E-state index in [4.69, 9.17) is 9.47 Å². The van der Waals surface area contributed by atoms with Crippen molar-refractivity contribution in [2.24, 2.45) is 0 Å². The fraction of sp³-hybridized carbons (Fsp3) is 0.278. The molecule has 0 spiro atoms. The van der Waals surface area contributed by atoms with Crippen LogP contribution < -0.4 is 19.7 Å². The van der Waals surface area contributed by atoms with Crippen molar-refractivity contribution in [1.29, 1.82) is 0 Å². The highest BCUT2D eigenvalue weighted by Gasteiger charge is 2.21. The Bertz CT molecular complexity index is 761. The minimum Gasteiger partial charge on any atom is -0.484 e. The summed E-state index contributed by atoms with van der Waals surface area (Å²) < 4.78 is 10.5. The molecule has 3 rings (SSSR count). The summed E-state index contributed by atoms with van der Waals surface area (Å²) in [6, 6.07) is 10.6. The fourth-order valence-corrected chi connectivity index (χ4v) is 2.58. The summed E-state index contributed by atoms with van der Waals surface area (Å²) >= 11 is 0.